The normalized spacial score (nSPS) is 15.8. The van der Waals surface area contributed by atoms with Crippen LogP contribution in [-0.4, -0.2) is 31.8 Å². The van der Waals surface area contributed by atoms with Crippen LogP contribution in [0.2, 0.25) is 0 Å². The van der Waals surface area contributed by atoms with E-state index in [0.717, 1.165) is 46.6 Å². The molecule has 4 rings (SSSR count). The number of nitrogens with zero attached hydrogens (tertiary/aromatic N) is 3. The van der Waals surface area contributed by atoms with E-state index < -0.39 is 11.3 Å². The number of nitrogens with one attached hydrogen (secondary N) is 1. The Morgan fingerprint density at radius 3 is 2.70 bits per heavy atom. The van der Waals surface area contributed by atoms with Gasteiger partial charge < -0.3 is 4.90 Å². The van der Waals surface area contributed by atoms with Gasteiger partial charge in [0, 0.05) is 19.6 Å². The molecule has 0 saturated carbocycles. The Morgan fingerprint density at radius 2 is 1.89 bits per heavy atom. The van der Waals surface area contributed by atoms with Gasteiger partial charge in [-0.05, 0) is 48.1 Å². The average Bonchev–Trinajstić information content (AvgIpc) is 2.72. The molecule has 0 spiro atoms. The molecule has 0 amide bonds. The molecule has 0 radical (unpaired) electrons. The first-order valence-corrected chi connectivity index (χ1v) is 10.3. The summed E-state index contributed by atoms with van der Waals surface area (Å²) < 4.78 is 22.5. The minimum atomic E-state index is -2.04. The van der Waals surface area contributed by atoms with E-state index in [4.69, 9.17) is 9.54 Å². The summed E-state index contributed by atoms with van der Waals surface area (Å²) in [4.78, 5) is 11.7. The van der Waals surface area contributed by atoms with E-state index in [1.54, 1.807) is 0 Å². The van der Waals surface area contributed by atoms with Gasteiger partial charge in [-0.2, -0.15) is 0 Å². The highest BCUT2D eigenvalue weighted by molar-refractivity contribution is 7.77. The summed E-state index contributed by atoms with van der Waals surface area (Å²) in [6.45, 7) is 2.39. The first kappa shape index (κ1) is 18.0. The molecule has 27 heavy (non-hydrogen) atoms. The fourth-order valence-corrected chi connectivity index (χ4v) is 3.82. The summed E-state index contributed by atoms with van der Waals surface area (Å²) in [5.41, 5.74) is 4.73. The Bertz CT molecular complexity index is 973. The highest BCUT2D eigenvalue weighted by Gasteiger charge is 2.14. The topological polar surface area (TPSA) is 78.3 Å². The molecule has 1 aliphatic rings. The fourth-order valence-electron chi connectivity index (χ4n) is 3.54. The fraction of sp³-hybridized carbons (Fsp3) is 0.300. The molecule has 0 aliphatic carbocycles. The second-order valence-corrected chi connectivity index (χ2v) is 7.49. The third kappa shape index (κ3) is 4.16. The second-order valence-electron chi connectivity index (χ2n) is 6.71. The van der Waals surface area contributed by atoms with Crippen LogP contribution in [0.1, 0.15) is 24.8 Å². The molecule has 1 aliphatic heterocycles. The summed E-state index contributed by atoms with van der Waals surface area (Å²) in [5, 5.41) is 0. The minimum absolute atomic E-state index is 0.316. The highest BCUT2D eigenvalue weighted by Crippen LogP contribution is 2.27. The van der Waals surface area contributed by atoms with Gasteiger partial charge in [0.05, 0.1) is 17.2 Å². The Kier molecular flexibility index (Phi) is 5.42. The molecule has 0 bridgehead atoms. The molecule has 2 aromatic carbocycles. The Balaban J connectivity index is 1.69. The number of piperidine rings is 1. The monoisotopic (exact) mass is 382 g/mol. The zero-order valence-corrected chi connectivity index (χ0v) is 15.8. The van der Waals surface area contributed by atoms with Crippen molar-refractivity contribution >= 4 is 28.1 Å². The lowest BCUT2D eigenvalue weighted by atomic mass is 9.99. The van der Waals surface area contributed by atoms with Gasteiger partial charge in [0.25, 0.3) is 0 Å². The molecule has 1 fully saturated rings. The molecule has 1 atom stereocenters. The van der Waals surface area contributed by atoms with E-state index in [1.807, 2.05) is 48.7 Å². The van der Waals surface area contributed by atoms with Gasteiger partial charge in [-0.15, -0.1) is 0 Å². The molecule has 7 heteroatoms. The number of aromatic nitrogens is 2. The summed E-state index contributed by atoms with van der Waals surface area (Å²) >= 11 is -2.04. The van der Waals surface area contributed by atoms with E-state index >= 15 is 0 Å². The van der Waals surface area contributed by atoms with E-state index in [2.05, 4.69) is 14.6 Å². The predicted octanol–water partition coefficient (Wildman–Crippen LogP) is 3.51. The third-order valence-electron chi connectivity index (χ3n) is 4.92. The summed E-state index contributed by atoms with van der Waals surface area (Å²) in [5.74, 6) is 0.935. The van der Waals surface area contributed by atoms with E-state index in [9.17, 15) is 4.21 Å². The SMILES string of the molecule is O=S(O)NCc1ccccc1-c1ccc2ncc(N3CCCCC3)nc2c1. The maximum atomic E-state index is 11.0. The van der Waals surface area contributed by atoms with Gasteiger partial charge in [0.1, 0.15) is 5.82 Å². The minimum Gasteiger partial charge on any atom is -0.355 e. The Morgan fingerprint density at radius 1 is 1.07 bits per heavy atom. The number of hydrogen-bond acceptors (Lipinski definition) is 4. The van der Waals surface area contributed by atoms with Crippen LogP contribution in [0.15, 0.2) is 48.7 Å². The quantitative estimate of drug-likeness (QED) is 0.660. The van der Waals surface area contributed by atoms with Crippen LogP contribution in [0, 0.1) is 0 Å². The molecule has 3 aromatic rings. The van der Waals surface area contributed by atoms with Crippen molar-refractivity contribution in [3.05, 3.63) is 54.2 Å². The zero-order chi connectivity index (χ0) is 18.6. The van der Waals surface area contributed by atoms with Gasteiger partial charge >= 0.3 is 0 Å². The van der Waals surface area contributed by atoms with Gasteiger partial charge in [-0.3, -0.25) is 9.54 Å². The summed E-state index contributed by atoms with van der Waals surface area (Å²) in [6.07, 6.45) is 5.55. The lowest BCUT2D eigenvalue weighted by molar-refractivity contribution is 0.549. The van der Waals surface area contributed by atoms with Crippen molar-refractivity contribution in [3.8, 4) is 11.1 Å². The number of benzene rings is 2. The van der Waals surface area contributed by atoms with Gasteiger partial charge in [-0.25, -0.2) is 13.9 Å². The molecule has 1 unspecified atom stereocenters. The van der Waals surface area contributed by atoms with Crippen LogP contribution in [0.25, 0.3) is 22.2 Å². The Hall–Kier alpha value is -2.35. The Labute approximate surface area is 161 Å². The van der Waals surface area contributed by atoms with Crippen LogP contribution in [0.3, 0.4) is 0 Å². The van der Waals surface area contributed by atoms with Crippen molar-refractivity contribution in [2.75, 3.05) is 18.0 Å². The first-order valence-electron chi connectivity index (χ1n) is 9.15. The maximum Gasteiger partial charge on any atom is 0.232 e. The molecule has 1 saturated heterocycles. The second kappa shape index (κ2) is 8.12. The number of rotatable bonds is 5. The van der Waals surface area contributed by atoms with Gasteiger partial charge in [-0.1, -0.05) is 30.3 Å². The molecular weight excluding hydrogens is 360 g/mol. The molecular formula is C20H22N4O2S. The zero-order valence-electron chi connectivity index (χ0n) is 15.0. The van der Waals surface area contributed by atoms with Gasteiger partial charge in [0.15, 0.2) is 0 Å². The average molecular weight is 382 g/mol. The van der Waals surface area contributed by atoms with E-state index in [0.29, 0.717) is 6.54 Å². The van der Waals surface area contributed by atoms with Crippen molar-refractivity contribution in [2.24, 2.45) is 0 Å². The summed E-state index contributed by atoms with van der Waals surface area (Å²) in [7, 11) is 0. The highest BCUT2D eigenvalue weighted by atomic mass is 32.2. The van der Waals surface area contributed by atoms with E-state index in [1.165, 1.54) is 19.3 Å². The largest absolute Gasteiger partial charge is 0.355 e. The smallest absolute Gasteiger partial charge is 0.232 e. The number of hydrogen-bond donors (Lipinski definition) is 2. The van der Waals surface area contributed by atoms with Crippen molar-refractivity contribution in [3.63, 3.8) is 0 Å². The lowest BCUT2D eigenvalue weighted by Crippen LogP contribution is -2.30. The van der Waals surface area contributed by atoms with E-state index in [-0.39, 0.29) is 0 Å². The standard InChI is InChI=1S/C20H22N4O2S/c25-27(26)22-13-16-6-2-3-7-17(16)15-8-9-18-19(12-15)23-20(14-21-18)24-10-4-1-5-11-24/h2-3,6-9,12,14,22H,1,4-5,10-11,13H2,(H,25,26). The van der Waals surface area contributed by atoms with Crippen LogP contribution < -0.4 is 9.62 Å². The molecule has 6 nitrogen and oxygen atoms in total. The molecule has 2 heterocycles. The van der Waals surface area contributed by atoms with Crippen molar-refractivity contribution in [1.82, 2.24) is 14.7 Å². The van der Waals surface area contributed by atoms with Crippen molar-refractivity contribution < 1.29 is 8.76 Å². The van der Waals surface area contributed by atoms with Crippen LogP contribution >= 0.6 is 0 Å². The number of anilines is 1. The van der Waals surface area contributed by atoms with Crippen molar-refractivity contribution in [2.45, 2.75) is 25.8 Å². The predicted molar refractivity (Wildman–Crippen MR) is 109 cm³/mol. The van der Waals surface area contributed by atoms with Crippen LogP contribution in [-0.2, 0) is 17.8 Å². The lowest BCUT2D eigenvalue weighted by Gasteiger charge is -2.27. The first-order chi connectivity index (χ1) is 13.2. The van der Waals surface area contributed by atoms with Crippen molar-refractivity contribution in [1.29, 1.82) is 0 Å². The molecule has 1 aromatic heterocycles. The third-order valence-corrected chi connectivity index (χ3v) is 5.32. The summed E-state index contributed by atoms with van der Waals surface area (Å²) in [6, 6.07) is 13.9. The van der Waals surface area contributed by atoms with Crippen LogP contribution in [0.4, 0.5) is 5.82 Å². The molecule has 2 N–H and O–H groups in total. The molecule has 140 valence electrons. The number of fused-ring (bicyclic) bond motifs is 1. The maximum absolute atomic E-state index is 11.0. The van der Waals surface area contributed by atoms with Gasteiger partial charge in [0.2, 0.25) is 11.3 Å². The van der Waals surface area contributed by atoms with Crippen LogP contribution in [0.5, 0.6) is 0 Å².